The van der Waals surface area contributed by atoms with Crippen molar-refractivity contribution in [1.82, 2.24) is 0 Å². The molecule has 0 fully saturated rings. The van der Waals surface area contributed by atoms with Crippen LogP contribution in [0.25, 0.3) is 0 Å². The van der Waals surface area contributed by atoms with E-state index in [1.807, 2.05) is 19.1 Å². The summed E-state index contributed by atoms with van der Waals surface area (Å²) in [6.07, 6.45) is 1.89. The van der Waals surface area contributed by atoms with E-state index in [0.717, 1.165) is 22.5 Å². The van der Waals surface area contributed by atoms with Crippen LogP contribution in [0.4, 0.5) is 11.4 Å². The molecular formula is C19H23ClN2O5S. The summed E-state index contributed by atoms with van der Waals surface area (Å²) in [6.45, 7) is 1.61. The lowest BCUT2D eigenvalue weighted by Crippen LogP contribution is -2.37. The van der Waals surface area contributed by atoms with Crippen molar-refractivity contribution >= 4 is 38.9 Å². The summed E-state index contributed by atoms with van der Waals surface area (Å²) in [7, 11) is -0.779. The molecule has 7 nitrogen and oxygen atoms in total. The van der Waals surface area contributed by atoms with Gasteiger partial charge in [0.2, 0.25) is 15.9 Å². The second-order valence-corrected chi connectivity index (χ2v) is 8.34. The predicted octanol–water partition coefficient (Wildman–Crippen LogP) is 3.32. The number of anilines is 2. The molecule has 0 saturated carbocycles. The maximum Gasteiger partial charge on any atom is 0.245 e. The number of methoxy groups -OCH3 is 2. The van der Waals surface area contributed by atoms with Gasteiger partial charge in [0.25, 0.3) is 0 Å². The minimum atomic E-state index is -3.66. The first-order valence-corrected chi connectivity index (χ1v) is 10.7. The number of aryl methyl sites for hydroxylation is 1. The Labute approximate surface area is 170 Å². The fourth-order valence-electron chi connectivity index (χ4n) is 2.58. The van der Waals surface area contributed by atoms with Crippen LogP contribution in [-0.4, -0.2) is 41.3 Å². The Kier molecular flexibility index (Phi) is 7.15. The minimum absolute atomic E-state index is 0.323. The molecule has 1 amide bonds. The molecule has 0 unspecified atom stereocenters. The Balaban J connectivity index is 2.27. The number of carbonyl (C=O) groups is 1. The zero-order valence-electron chi connectivity index (χ0n) is 16.2. The quantitative estimate of drug-likeness (QED) is 0.699. The number of amides is 1. The SMILES string of the molecule is CCc1ccc(N(CC(=O)Nc2cc(OC)c(Cl)cc2OC)S(C)(=O)=O)cc1. The number of ether oxygens (including phenoxy) is 2. The summed E-state index contributed by atoms with van der Waals surface area (Å²) in [5.41, 5.74) is 1.80. The van der Waals surface area contributed by atoms with Crippen molar-refractivity contribution in [2.24, 2.45) is 0 Å². The lowest BCUT2D eigenvalue weighted by atomic mass is 10.1. The molecule has 2 aromatic carbocycles. The maximum atomic E-state index is 12.6. The van der Waals surface area contributed by atoms with Crippen molar-refractivity contribution in [3.8, 4) is 11.5 Å². The number of sulfonamides is 1. The third-order valence-corrected chi connectivity index (χ3v) is 5.50. The van der Waals surface area contributed by atoms with Crippen molar-refractivity contribution in [3.05, 3.63) is 47.0 Å². The topological polar surface area (TPSA) is 84.9 Å². The number of rotatable bonds is 8. The third-order valence-electron chi connectivity index (χ3n) is 4.07. The van der Waals surface area contributed by atoms with Gasteiger partial charge in [-0.1, -0.05) is 30.7 Å². The van der Waals surface area contributed by atoms with Gasteiger partial charge in [0.15, 0.2) is 0 Å². The standard InChI is InChI=1S/C19H23ClN2O5S/c1-5-13-6-8-14(9-7-13)22(28(4,24)25)12-19(23)21-16-11-17(26-2)15(20)10-18(16)27-3/h6-11H,5,12H2,1-4H3,(H,21,23). The van der Waals surface area contributed by atoms with E-state index in [-0.39, 0.29) is 0 Å². The third kappa shape index (κ3) is 5.30. The van der Waals surface area contributed by atoms with E-state index >= 15 is 0 Å². The lowest BCUT2D eigenvalue weighted by Gasteiger charge is -2.22. The zero-order valence-corrected chi connectivity index (χ0v) is 17.7. The number of nitrogens with one attached hydrogen (secondary N) is 1. The van der Waals surface area contributed by atoms with E-state index in [1.54, 1.807) is 12.1 Å². The first-order valence-electron chi connectivity index (χ1n) is 8.47. The molecule has 0 heterocycles. The maximum absolute atomic E-state index is 12.6. The zero-order chi connectivity index (χ0) is 20.9. The normalized spacial score (nSPS) is 11.0. The number of halogens is 1. The molecular weight excluding hydrogens is 404 g/mol. The number of carbonyl (C=O) groups excluding carboxylic acids is 1. The molecule has 152 valence electrons. The van der Waals surface area contributed by atoms with Gasteiger partial charge in [0.05, 0.1) is 36.9 Å². The highest BCUT2D eigenvalue weighted by atomic mass is 35.5. The van der Waals surface area contributed by atoms with Crippen molar-refractivity contribution in [1.29, 1.82) is 0 Å². The summed E-state index contributed by atoms with van der Waals surface area (Å²) in [5.74, 6) is 0.151. The van der Waals surface area contributed by atoms with Crippen LogP contribution in [0.15, 0.2) is 36.4 Å². The van der Waals surface area contributed by atoms with Gasteiger partial charge in [0, 0.05) is 12.1 Å². The number of hydrogen-bond donors (Lipinski definition) is 1. The lowest BCUT2D eigenvalue weighted by molar-refractivity contribution is -0.114. The molecule has 9 heteroatoms. The van der Waals surface area contributed by atoms with Crippen molar-refractivity contribution in [3.63, 3.8) is 0 Å². The predicted molar refractivity (Wildman–Crippen MR) is 111 cm³/mol. The van der Waals surface area contributed by atoms with E-state index in [4.69, 9.17) is 21.1 Å². The van der Waals surface area contributed by atoms with Crippen LogP contribution in [0.3, 0.4) is 0 Å². The molecule has 2 aromatic rings. The Morgan fingerprint density at radius 1 is 1.11 bits per heavy atom. The summed E-state index contributed by atoms with van der Waals surface area (Å²) in [5, 5.41) is 2.97. The van der Waals surface area contributed by atoms with Crippen LogP contribution < -0.4 is 19.1 Å². The molecule has 0 aliphatic carbocycles. The highest BCUT2D eigenvalue weighted by Crippen LogP contribution is 2.35. The van der Waals surface area contributed by atoms with Gasteiger partial charge in [-0.25, -0.2) is 8.42 Å². The second-order valence-electron chi connectivity index (χ2n) is 6.02. The van der Waals surface area contributed by atoms with Gasteiger partial charge in [-0.2, -0.15) is 0 Å². The van der Waals surface area contributed by atoms with E-state index in [0.29, 0.717) is 27.9 Å². The average molecular weight is 427 g/mol. The van der Waals surface area contributed by atoms with Gasteiger partial charge in [-0.05, 0) is 24.1 Å². The van der Waals surface area contributed by atoms with E-state index in [9.17, 15) is 13.2 Å². The van der Waals surface area contributed by atoms with Gasteiger partial charge < -0.3 is 14.8 Å². The van der Waals surface area contributed by atoms with E-state index in [2.05, 4.69) is 5.32 Å². The molecule has 0 radical (unpaired) electrons. The van der Waals surface area contributed by atoms with Gasteiger partial charge in [0.1, 0.15) is 18.0 Å². The molecule has 0 aliphatic rings. The summed E-state index contributed by atoms with van der Waals surface area (Å²) >= 11 is 6.06. The van der Waals surface area contributed by atoms with Crippen molar-refractivity contribution in [2.45, 2.75) is 13.3 Å². The summed E-state index contributed by atoms with van der Waals surface area (Å²) in [4.78, 5) is 12.6. The van der Waals surface area contributed by atoms with Crippen LogP contribution >= 0.6 is 11.6 Å². The molecule has 0 spiro atoms. The van der Waals surface area contributed by atoms with Gasteiger partial charge in [-0.3, -0.25) is 9.10 Å². The van der Waals surface area contributed by atoms with Crippen LogP contribution in [0.2, 0.25) is 5.02 Å². The summed E-state index contributed by atoms with van der Waals surface area (Å²) in [6, 6.07) is 10.0. The molecule has 0 atom stereocenters. The largest absolute Gasteiger partial charge is 0.495 e. The van der Waals surface area contributed by atoms with Crippen molar-refractivity contribution in [2.75, 3.05) is 36.6 Å². The molecule has 0 bridgehead atoms. The first kappa shape index (κ1) is 21.8. The minimum Gasteiger partial charge on any atom is -0.495 e. The van der Waals surface area contributed by atoms with Gasteiger partial charge in [-0.15, -0.1) is 0 Å². The smallest absolute Gasteiger partial charge is 0.245 e. The first-order chi connectivity index (χ1) is 13.2. The molecule has 1 N–H and O–H groups in total. The van der Waals surface area contributed by atoms with E-state index < -0.39 is 22.5 Å². The molecule has 2 rings (SSSR count). The number of nitrogens with zero attached hydrogens (tertiary/aromatic N) is 1. The Hall–Kier alpha value is -2.45. The molecule has 28 heavy (non-hydrogen) atoms. The van der Waals surface area contributed by atoms with Crippen LogP contribution in [0, 0.1) is 0 Å². The number of benzene rings is 2. The molecule has 0 aliphatic heterocycles. The van der Waals surface area contributed by atoms with Crippen molar-refractivity contribution < 1.29 is 22.7 Å². The summed E-state index contributed by atoms with van der Waals surface area (Å²) < 4.78 is 35.9. The number of hydrogen-bond acceptors (Lipinski definition) is 5. The Morgan fingerprint density at radius 2 is 1.71 bits per heavy atom. The van der Waals surface area contributed by atoms with Gasteiger partial charge >= 0.3 is 0 Å². The van der Waals surface area contributed by atoms with Crippen LogP contribution in [0.5, 0.6) is 11.5 Å². The van der Waals surface area contributed by atoms with Crippen LogP contribution in [-0.2, 0) is 21.2 Å². The second kappa shape index (κ2) is 9.16. The highest BCUT2D eigenvalue weighted by Gasteiger charge is 2.22. The van der Waals surface area contributed by atoms with E-state index in [1.165, 1.54) is 26.4 Å². The molecule has 0 saturated heterocycles. The fourth-order valence-corrected chi connectivity index (χ4v) is 3.66. The Morgan fingerprint density at radius 3 is 2.21 bits per heavy atom. The fraction of sp³-hybridized carbons (Fsp3) is 0.316. The Bertz CT molecular complexity index is 946. The average Bonchev–Trinajstić information content (AvgIpc) is 2.66. The monoisotopic (exact) mass is 426 g/mol. The molecule has 0 aromatic heterocycles. The highest BCUT2D eigenvalue weighted by molar-refractivity contribution is 7.92. The van der Waals surface area contributed by atoms with Crippen LogP contribution in [0.1, 0.15) is 12.5 Å².